The highest BCUT2D eigenvalue weighted by Crippen LogP contribution is 2.36. The lowest BCUT2D eigenvalue weighted by molar-refractivity contribution is -0.136. The van der Waals surface area contributed by atoms with E-state index in [1.54, 1.807) is 42.5 Å². The number of carbonyl (C=O) groups excluding carboxylic acids is 1. The van der Waals surface area contributed by atoms with Crippen LogP contribution in [-0.4, -0.2) is 30.9 Å². The van der Waals surface area contributed by atoms with E-state index in [0.29, 0.717) is 55.9 Å². The summed E-state index contributed by atoms with van der Waals surface area (Å²) in [5.41, 5.74) is 1.84. The molecule has 0 fully saturated rings. The lowest BCUT2D eigenvalue weighted by atomic mass is 9.97. The van der Waals surface area contributed by atoms with Gasteiger partial charge in [0, 0.05) is 16.8 Å². The van der Waals surface area contributed by atoms with Crippen molar-refractivity contribution in [2.45, 2.75) is 26.5 Å². The quantitative estimate of drug-likeness (QED) is 0.182. The molecule has 0 bridgehead atoms. The molecule has 5 rings (SSSR count). The average molecular weight is 674 g/mol. The highest BCUT2D eigenvalue weighted by Gasteiger charge is 2.31. The second kappa shape index (κ2) is 13.9. The lowest BCUT2D eigenvalue weighted by Gasteiger charge is -2.23. The number of rotatable bonds is 10. The number of carbonyl (C=O) groups is 1. The summed E-state index contributed by atoms with van der Waals surface area (Å²) in [6, 6.07) is 15.1. The van der Waals surface area contributed by atoms with Crippen molar-refractivity contribution in [2.75, 3.05) is 20.3 Å². The SMILES string of the molecule is CCOc1ccc([C@H]2C(C(=O)OC)=CN=c3s/c(=C\c4cc(Cl)c(OCc5ccccc5Cl)c(Cl)c4)c(=O)n32)cc1OCC. The molecule has 0 saturated carbocycles. The Morgan fingerprint density at radius 3 is 2.34 bits per heavy atom. The number of ether oxygens (including phenoxy) is 4. The first-order chi connectivity index (χ1) is 21.2. The van der Waals surface area contributed by atoms with Crippen LogP contribution in [0.25, 0.3) is 6.08 Å². The third-order valence-electron chi connectivity index (χ3n) is 6.66. The third-order valence-corrected chi connectivity index (χ3v) is 8.58. The fourth-order valence-electron chi connectivity index (χ4n) is 4.70. The Morgan fingerprint density at radius 1 is 0.955 bits per heavy atom. The maximum Gasteiger partial charge on any atom is 0.337 e. The summed E-state index contributed by atoms with van der Waals surface area (Å²) in [6.07, 6.45) is 3.10. The number of hydrogen-bond acceptors (Lipinski definition) is 8. The van der Waals surface area contributed by atoms with Gasteiger partial charge in [-0.2, -0.15) is 0 Å². The van der Waals surface area contributed by atoms with Crippen molar-refractivity contribution in [1.82, 2.24) is 4.57 Å². The minimum absolute atomic E-state index is 0.177. The predicted octanol–water partition coefficient (Wildman–Crippen LogP) is 6.35. The van der Waals surface area contributed by atoms with Gasteiger partial charge in [-0.1, -0.05) is 70.4 Å². The monoisotopic (exact) mass is 672 g/mol. The molecule has 0 spiro atoms. The number of thiazole rings is 1. The first-order valence-corrected chi connectivity index (χ1v) is 15.5. The normalized spacial score (nSPS) is 14.4. The number of benzene rings is 3. The third kappa shape index (κ3) is 6.51. The molecule has 44 heavy (non-hydrogen) atoms. The molecular weight excluding hydrogens is 647 g/mol. The summed E-state index contributed by atoms with van der Waals surface area (Å²) in [5.74, 6) is 0.750. The number of esters is 1. The van der Waals surface area contributed by atoms with Gasteiger partial charge in [-0.05, 0) is 61.4 Å². The van der Waals surface area contributed by atoms with E-state index in [0.717, 1.165) is 5.56 Å². The van der Waals surface area contributed by atoms with Crippen LogP contribution in [0.1, 0.15) is 36.6 Å². The number of methoxy groups -OCH3 is 1. The highest BCUT2D eigenvalue weighted by molar-refractivity contribution is 7.07. The van der Waals surface area contributed by atoms with Crippen LogP contribution in [0.2, 0.25) is 15.1 Å². The fourth-order valence-corrected chi connectivity index (χ4v) is 6.48. The minimum atomic E-state index is -0.816. The molecule has 0 unspecified atom stereocenters. The van der Waals surface area contributed by atoms with E-state index < -0.39 is 12.0 Å². The van der Waals surface area contributed by atoms with Gasteiger partial charge in [0.2, 0.25) is 0 Å². The zero-order valence-electron chi connectivity index (χ0n) is 23.9. The molecule has 2 heterocycles. The summed E-state index contributed by atoms with van der Waals surface area (Å²) >= 11 is 20.5. The molecule has 0 saturated heterocycles. The molecule has 1 aromatic heterocycles. The second-order valence-electron chi connectivity index (χ2n) is 9.44. The lowest BCUT2D eigenvalue weighted by Crippen LogP contribution is -2.39. The first kappa shape index (κ1) is 31.7. The predicted molar refractivity (Wildman–Crippen MR) is 172 cm³/mol. The van der Waals surface area contributed by atoms with Gasteiger partial charge in [-0.15, -0.1) is 0 Å². The van der Waals surface area contributed by atoms with E-state index in [1.807, 2.05) is 32.0 Å². The van der Waals surface area contributed by atoms with Crippen molar-refractivity contribution in [3.63, 3.8) is 0 Å². The van der Waals surface area contributed by atoms with E-state index in [4.69, 9.17) is 53.8 Å². The van der Waals surface area contributed by atoms with E-state index >= 15 is 0 Å². The van der Waals surface area contributed by atoms with Gasteiger partial charge >= 0.3 is 5.97 Å². The van der Waals surface area contributed by atoms with Gasteiger partial charge < -0.3 is 18.9 Å². The van der Waals surface area contributed by atoms with Crippen molar-refractivity contribution < 1.29 is 23.7 Å². The van der Waals surface area contributed by atoms with Gasteiger partial charge in [0.1, 0.15) is 6.61 Å². The van der Waals surface area contributed by atoms with Crippen LogP contribution in [0.5, 0.6) is 17.2 Å². The molecule has 0 N–H and O–H groups in total. The highest BCUT2D eigenvalue weighted by atomic mass is 35.5. The maximum atomic E-state index is 13.9. The average Bonchev–Trinajstić information content (AvgIpc) is 3.32. The Kier molecular flexibility index (Phi) is 10.0. The van der Waals surface area contributed by atoms with Gasteiger partial charge in [0.15, 0.2) is 22.0 Å². The summed E-state index contributed by atoms with van der Waals surface area (Å²) in [4.78, 5) is 31.6. The summed E-state index contributed by atoms with van der Waals surface area (Å²) < 4.78 is 24.3. The van der Waals surface area contributed by atoms with Crippen LogP contribution in [-0.2, 0) is 16.1 Å². The topological polar surface area (TPSA) is 88.4 Å². The standard InChI is InChI=1S/C32H27Cl3N2O6S/c1-4-41-25-11-10-19(15-26(25)42-5-2)28-21(31(39)40-3)16-36-32-37(28)30(38)27(44-32)14-18-12-23(34)29(24(35)13-18)43-17-20-8-6-7-9-22(20)33/h6-16,28H,4-5,17H2,1-3H3/b27-14-/t28-/m0/s1. The number of fused-ring (bicyclic) bond motifs is 1. The van der Waals surface area contributed by atoms with Crippen molar-refractivity contribution in [3.8, 4) is 17.2 Å². The van der Waals surface area contributed by atoms with Gasteiger partial charge in [0.05, 0.1) is 46.5 Å². The van der Waals surface area contributed by atoms with Crippen molar-refractivity contribution in [3.05, 3.63) is 118 Å². The Balaban J connectivity index is 1.55. The van der Waals surface area contributed by atoms with Crippen LogP contribution in [0.15, 0.2) is 76.2 Å². The fraction of sp³-hybridized carbons (Fsp3) is 0.219. The zero-order valence-corrected chi connectivity index (χ0v) is 27.0. The Labute approximate surface area is 272 Å². The molecule has 0 aliphatic carbocycles. The Hall–Kier alpha value is -3.76. The largest absolute Gasteiger partial charge is 0.490 e. The molecule has 8 nitrogen and oxygen atoms in total. The number of hydrogen-bond donors (Lipinski definition) is 0. The van der Waals surface area contributed by atoms with Crippen LogP contribution >= 0.6 is 46.1 Å². The summed E-state index contributed by atoms with van der Waals surface area (Å²) in [5, 5.41) is 1.11. The van der Waals surface area contributed by atoms with Gasteiger partial charge in [-0.25, -0.2) is 9.79 Å². The van der Waals surface area contributed by atoms with Crippen LogP contribution in [0.4, 0.5) is 0 Å². The van der Waals surface area contributed by atoms with Crippen LogP contribution < -0.4 is 29.1 Å². The van der Waals surface area contributed by atoms with Crippen LogP contribution in [0, 0.1) is 0 Å². The smallest absolute Gasteiger partial charge is 0.337 e. The minimum Gasteiger partial charge on any atom is -0.490 e. The molecule has 0 radical (unpaired) electrons. The molecule has 1 aliphatic heterocycles. The molecule has 0 amide bonds. The summed E-state index contributed by atoms with van der Waals surface area (Å²) in [6.45, 7) is 4.77. The molecule has 228 valence electrons. The molecule has 1 atom stereocenters. The van der Waals surface area contributed by atoms with E-state index in [1.165, 1.54) is 29.2 Å². The van der Waals surface area contributed by atoms with Gasteiger partial charge in [0.25, 0.3) is 5.56 Å². The molecule has 12 heteroatoms. The van der Waals surface area contributed by atoms with Crippen molar-refractivity contribution in [1.29, 1.82) is 0 Å². The van der Waals surface area contributed by atoms with Gasteiger partial charge in [-0.3, -0.25) is 9.36 Å². The van der Waals surface area contributed by atoms with Crippen LogP contribution in [0.3, 0.4) is 0 Å². The van der Waals surface area contributed by atoms with E-state index in [2.05, 4.69) is 4.99 Å². The number of halogens is 3. The number of aromatic nitrogens is 1. The van der Waals surface area contributed by atoms with E-state index in [-0.39, 0.29) is 27.8 Å². The molecular formula is C32H27Cl3N2O6S. The first-order valence-electron chi connectivity index (χ1n) is 13.6. The van der Waals surface area contributed by atoms with E-state index in [9.17, 15) is 9.59 Å². The Bertz CT molecular complexity index is 1910. The Morgan fingerprint density at radius 2 is 1.66 bits per heavy atom. The molecule has 3 aromatic carbocycles. The maximum absolute atomic E-state index is 13.9. The van der Waals surface area contributed by atoms with Crippen molar-refractivity contribution >= 4 is 58.2 Å². The molecule has 4 aromatic rings. The molecule has 1 aliphatic rings. The van der Waals surface area contributed by atoms with Crippen molar-refractivity contribution in [2.24, 2.45) is 4.99 Å². The summed E-state index contributed by atoms with van der Waals surface area (Å²) in [7, 11) is 1.28. The zero-order chi connectivity index (χ0) is 31.4. The number of nitrogens with zero attached hydrogens (tertiary/aromatic N) is 2. The second-order valence-corrected chi connectivity index (χ2v) is 11.7.